The number of amides is 4. The molecule has 4 amide bonds. The Bertz CT molecular complexity index is 1360. The lowest BCUT2D eigenvalue weighted by Crippen LogP contribution is -2.58. The molecule has 0 saturated carbocycles. The topological polar surface area (TPSA) is 230 Å². The van der Waals surface area contributed by atoms with E-state index in [0.29, 0.717) is 5.56 Å². The highest BCUT2D eigenvalue weighted by Gasteiger charge is 2.31. The molecule has 2 aromatic carbocycles. The average Bonchev–Trinajstić information content (AvgIpc) is 3.33. The molecule has 0 spiro atoms. The van der Waals surface area contributed by atoms with Crippen molar-refractivity contribution < 1.29 is 34.2 Å². The van der Waals surface area contributed by atoms with E-state index in [0.717, 1.165) is 16.5 Å². The van der Waals surface area contributed by atoms with Crippen LogP contribution in [-0.4, -0.2) is 75.6 Å². The van der Waals surface area contributed by atoms with E-state index in [1.807, 2.05) is 29.6 Å². The first-order valence-electron chi connectivity index (χ1n) is 12.5. The molecule has 1 aromatic heterocycles. The third-order valence-corrected chi connectivity index (χ3v) is 6.20. The minimum absolute atomic E-state index is 0.0253. The van der Waals surface area contributed by atoms with Gasteiger partial charge in [0.05, 0.1) is 19.1 Å². The van der Waals surface area contributed by atoms with Gasteiger partial charge in [0.1, 0.15) is 18.1 Å². The smallest absolute Gasteiger partial charge is 0.328 e. The lowest BCUT2D eigenvalue weighted by atomic mass is 10.0. The number of aliphatic hydroxyl groups excluding tert-OH is 1. The Morgan fingerprint density at radius 3 is 2.05 bits per heavy atom. The van der Waals surface area contributed by atoms with Crippen LogP contribution in [-0.2, 0) is 36.8 Å². The number of nitrogens with two attached hydrogens (primary N) is 2. The van der Waals surface area contributed by atoms with Crippen molar-refractivity contribution in [3.63, 3.8) is 0 Å². The highest BCUT2D eigenvalue weighted by molar-refractivity contribution is 5.96. The summed E-state index contributed by atoms with van der Waals surface area (Å²) in [6.07, 6.45) is 1.31. The monoisotopic (exact) mass is 552 g/mol. The molecular weight excluding hydrogens is 520 g/mol. The van der Waals surface area contributed by atoms with Gasteiger partial charge in [-0.15, -0.1) is 0 Å². The molecule has 212 valence electrons. The Morgan fingerprint density at radius 1 is 0.800 bits per heavy atom. The summed E-state index contributed by atoms with van der Waals surface area (Å²) in [6.45, 7) is -0.917. The van der Waals surface area contributed by atoms with Crippen molar-refractivity contribution in [1.82, 2.24) is 20.9 Å². The molecule has 0 saturated heterocycles. The number of aliphatic carboxylic acids is 1. The molecule has 0 aliphatic heterocycles. The highest BCUT2D eigenvalue weighted by atomic mass is 16.4. The van der Waals surface area contributed by atoms with Gasteiger partial charge in [-0.25, -0.2) is 4.79 Å². The fourth-order valence-electron chi connectivity index (χ4n) is 4.11. The second-order valence-corrected chi connectivity index (χ2v) is 9.23. The van der Waals surface area contributed by atoms with Crippen molar-refractivity contribution in [1.29, 1.82) is 0 Å². The normalized spacial score (nSPS) is 13.9. The van der Waals surface area contributed by atoms with Crippen LogP contribution in [0.4, 0.5) is 0 Å². The van der Waals surface area contributed by atoms with E-state index in [-0.39, 0.29) is 12.8 Å². The third-order valence-electron chi connectivity index (χ3n) is 6.20. The number of nitrogens with one attached hydrogen (secondary N) is 4. The van der Waals surface area contributed by atoms with Gasteiger partial charge >= 0.3 is 5.97 Å². The van der Waals surface area contributed by atoms with E-state index in [9.17, 15) is 29.1 Å². The zero-order valence-corrected chi connectivity index (χ0v) is 21.5. The van der Waals surface area contributed by atoms with Crippen LogP contribution >= 0.6 is 0 Å². The van der Waals surface area contributed by atoms with Crippen molar-refractivity contribution in [3.05, 3.63) is 71.9 Å². The number of aromatic amines is 1. The Hall–Kier alpha value is -4.75. The van der Waals surface area contributed by atoms with Crippen molar-refractivity contribution in [2.24, 2.45) is 11.5 Å². The molecule has 4 unspecified atom stereocenters. The second kappa shape index (κ2) is 13.9. The summed E-state index contributed by atoms with van der Waals surface area (Å²) in [5.74, 6) is -4.95. The maximum atomic E-state index is 13.3. The summed E-state index contributed by atoms with van der Waals surface area (Å²) in [5, 5.41) is 26.3. The summed E-state index contributed by atoms with van der Waals surface area (Å²) in [7, 11) is 0. The number of primary amides is 1. The molecule has 0 aliphatic rings. The van der Waals surface area contributed by atoms with Gasteiger partial charge in [-0.1, -0.05) is 48.5 Å². The predicted octanol–water partition coefficient (Wildman–Crippen LogP) is -1.31. The van der Waals surface area contributed by atoms with Crippen LogP contribution in [0.3, 0.4) is 0 Å². The number of aliphatic hydroxyl groups is 1. The number of carboxylic acid groups (broad SMARTS) is 1. The number of aromatic nitrogens is 1. The van der Waals surface area contributed by atoms with Crippen molar-refractivity contribution in [3.8, 4) is 0 Å². The predicted molar refractivity (Wildman–Crippen MR) is 144 cm³/mol. The second-order valence-electron chi connectivity index (χ2n) is 9.23. The Balaban J connectivity index is 1.77. The van der Waals surface area contributed by atoms with Crippen LogP contribution in [0.25, 0.3) is 10.9 Å². The van der Waals surface area contributed by atoms with Gasteiger partial charge in [-0.2, -0.15) is 0 Å². The van der Waals surface area contributed by atoms with Crippen LogP contribution in [0.2, 0.25) is 0 Å². The summed E-state index contributed by atoms with van der Waals surface area (Å²) >= 11 is 0. The Morgan fingerprint density at radius 2 is 1.40 bits per heavy atom. The van der Waals surface area contributed by atoms with Crippen LogP contribution in [0.15, 0.2) is 60.8 Å². The van der Waals surface area contributed by atoms with Gasteiger partial charge in [0, 0.05) is 23.5 Å². The SMILES string of the molecule is NC(=O)CC(NC(=O)C(Cc1ccccc1)NC(=O)C(N)Cc1c[nH]c2ccccc12)C(=O)NC(CO)C(=O)O. The number of rotatable bonds is 14. The molecule has 13 heteroatoms. The average molecular weight is 553 g/mol. The zero-order valence-electron chi connectivity index (χ0n) is 21.5. The minimum Gasteiger partial charge on any atom is -0.480 e. The minimum atomic E-state index is -1.66. The van der Waals surface area contributed by atoms with Crippen LogP contribution < -0.4 is 27.4 Å². The van der Waals surface area contributed by atoms with Gasteiger partial charge in [0.15, 0.2) is 0 Å². The molecule has 0 aliphatic carbocycles. The third kappa shape index (κ3) is 8.12. The van der Waals surface area contributed by atoms with Crippen LogP contribution in [0.5, 0.6) is 0 Å². The van der Waals surface area contributed by atoms with Gasteiger partial charge in [-0.05, 0) is 23.6 Å². The molecule has 13 nitrogen and oxygen atoms in total. The van der Waals surface area contributed by atoms with Gasteiger partial charge in [-0.3, -0.25) is 19.2 Å². The fraction of sp³-hybridized carbons (Fsp3) is 0.296. The lowest BCUT2D eigenvalue weighted by molar-refractivity contribution is -0.143. The first-order valence-corrected chi connectivity index (χ1v) is 12.5. The number of fused-ring (bicyclic) bond motifs is 1. The standard InChI is InChI=1S/C27H32N6O7/c28-18(11-16-13-30-19-9-5-4-8-17(16)19)24(36)31-20(10-15-6-2-1-3-7-15)25(37)32-21(12-23(29)35)26(38)33-22(14-34)27(39)40/h1-9,13,18,20-22,30,34H,10-12,14,28H2,(H2,29,35)(H,31,36)(H,32,37)(H,33,38)(H,39,40). The van der Waals surface area contributed by atoms with E-state index in [1.165, 1.54) is 0 Å². The Labute approximate surface area is 229 Å². The molecule has 1 heterocycles. The van der Waals surface area contributed by atoms with Crippen molar-refractivity contribution in [2.75, 3.05) is 6.61 Å². The number of benzene rings is 2. The fourth-order valence-corrected chi connectivity index (χ4v) is 4.11. The zero-order chi connectivity index (χ0) is 29.2. The molecule has 40 heavy (non-hydrogen) atoms. The molecule has 10 N–H and O–H groups in total. The molecule has 0 radical (unpaired) electrons. The van der Waals surface area contributed by atoms with Gasteiger partial charge in [0.25, 0.3) is 0 Å². The molecule has 0 bridgehead atoms. The van der Waals surface area contributed by atoms with Crippen molar-refractivity contribution >= 4 is 40.5 Å². The van der Waals surface area contributed by atoms with E-state index in [4.69, 9.17) is 16.6 Å². The molecule has 3 aromatic rings. The largest absolute Gasteiger partial charge is 0.480 e. The van der Waals surface area contributed by atoms with E-state index in [2.05, 4.69) is 15.6 Å². The van der Waals surface area contributed by atoms with Crippen molar-refractivity contribution in [2.45, 2.75) is 43.4 Å². The van der Waals surface area contributed by atoms with E-state index >= 15 is 0 Å². The summed E-state index contributed by atoms with van der Waals surface area (Å²) in [6, 6.07) is 10.8. The summed E-state index contributed by atoms with van der Waals surface area (Å²) in [5.41, 5.74) is 13.8. The van der Waals surface area contributed by atoms with Gasteiger partial charge in [0.2, 0.25) is 23.6 Å². The first kappa shape index (κ1) is 29.8. The first-order chi connectivity index (χ1) is 19.1. The van der Waals surface area contributed by atoms with E-state index in [1.54, 1.807) is 36.5 Å². The number of carbonyl (C=O) groups is 5. The molecule has 0 fully saturated rings. The quantitative estimate of drug-likeness (QED) is 0.119. The number of H-pyrrole nitrogens is 1. The highest BCUT2D eigenvalue weighted by Crippen LogP contribution is 2.19. The van der Waals surface area contributed by atoms with Gasteiger partial charge < -0.3 is 42.6 Å². The number of hydrogen-bond acceptors (Lipinski definition) is 7. The van der Waals surface area contributed by atoms with E-state index < -0.39 is 66.8 Å². The number of carbonyl (C=O) groups excluding carboxylic acids is 4. The van der Waals surface area contributed by atoms with Crippen LogP contribution in [0, 0.1) is 0 Å². The number of carboxylic acids is 1. The summed E-state index contributed by atoms with van der Waals surface area (Å²) < 4.78 is 0. The molecule has 3 rings (SSSR count). The lowest BCUT2D eigenvalue weighted by Gasteiger charge is -2.24. The van der Waals surface area contributed by atoms with Crippen LogP contribution in [0.1, 0.15) is 17.5 Å². The number of hydrogen-bond donors (Lipinski definition) is 8. The molecular formula is C27H32N6O7. The Kier molecular flexibility index (Phi) is 10.3. The number of para-hydroxylation sites is 1. The maximum Gasteiger partial charge on any atom is 0.328 e. The maximum absolute atomic E-state index is 13.3. The summed E-state index contributed by atoms with van der Waals surface area (Å²) in [4.78, 5) is 65.0. The molecule has 4 atom stereocenters.